The molecule has 10 heteroatoms. The lowest BCUT2D eigenvalue weighted by Crippen LogP contribution is -2.28. The van der Waals surface area contributed by atoms with Crippen LogP contribution in [0.2, 0.25) is 0 Å². The molecular weight excluding hydrogens is 442 g/mol. The molecule has 168 valence electrons. The minimum Gasteiger partial charge on any atom is -0.454 e. The molecule has 0 saturated heterocycles. The predicted molar refractivity (Wildman–Crippen MR) is 125 cm³/mol. The molecular formula is C23H21N5O4S. The number of ether oxygens (including phenoxy) is 2. The zero-order chi connectivity index (χ0) is 22.9. The summed E-state index contributed by atoms with van der Waals surface area (Å²) in [6.45, 7) is 6.16. The van der Waals surface area contributed by atoms with E-state index in [1.807, 2.05) is 43.3 Å². The fourth-order valence-electron chi connectivity index (χ4n) is 3.80. The molecule has 1 aliphatic heterocycles. The lowest BCUT2D eigenvalue weighted by atomic mass is 10.1. The number of allylic oxidation sites excluding steroid dienone is 1. The summed E-state index contributed by atoms with van der Waals surface area (Å²) in [6.07, 6.45) is 1.64. The Labute approximate surface area is 193 Å². The van der Waals surface area contributed by atoms with Gasteiger partial charge in [-0.2, -0.15) is 0 Å². The zero-order valence-corrected chi connectivity index (χ0v) is 18.7. The first-order valence-corrected chi connectivity index (χ1v) is 11.3. The Balaban J connectivity index is 1.37. The maximum Gasteiger partial charge on any atom is 0.263 e. The Hall–Kier alpha value is -3.79. The molecule has 2 aromatic heterocycles. The van der Waals surface area contributed by atoms with Crippen molar-refractivity contribution < 1.29 is 14.3 Å². The zero-order valence-electron chi connectivity index (χ0n) is 17.9. The van der Waals surface area contributed by atoms with Crippen LogP contribution in [0.25, 0.3) is 16.7 Å². The molecule has 0 fully saturated rings. The highest BCUT2D eigenvalue weighted by molar-refractivity contribution is 7.99. The molecule has 0 saturated carbocycles. The average Bonchev–Trinajstić information content (AvgIpc) is 3.47. The third-order valence-corrected chi connectivity index (χ3v) is 6.33. The van der Waals surface area contributed by atoms with Gasteiger partial charge in [0.2, 0.25) is 18.5 Å². The molecule has 3 heterocycles. The Kier molecular flexibility index (Phi) is 5.51. The van der Waals surface area contributed by atoms with E-state index in [-0.39, 0.29) is 30.1 Å². The number of carbonyl (C=O) groups is 1. The van der Waals surface area contributed by atoms with E-state index in [0.717, 1.165) is 5.56 Å². The van der Waals surface area contributed by atoms with E-state index in [4.69, 9.17) is 9.47 Å². The van der Waals surface area contributed by atoms with Crippen LogP contribution in [0, 0.1) is 0 Å². The smallest absolute Gasteiger partial charge is 0.263 e. The summed E-state index contributed by atoms with van der Waals surface area (Å²) < 4.78 is 14.1. The van der Waals surface area contributed by atoms with Gasteiger partial charge in [0.25, 0.3) is 5.56 Å². The number of nitrogens with zero attached hydrogens (tertiary/aromatic N) is 4. The number of thioether (sulfide) groups is 1. The highest BCUT2D eigenvalue weighted by Crippen LogP contribution is 2.34. The monoisotopic (exact) mass is 463 g/mol. The highest BCUT2D eigenvalue weighted by atomic mass is 32.2. The molecule has 1 atom stereocenters. The van der Waals surface area contributed by atoms with Crippen LogP contribution in [0.3, 0.4) is 0 Å². The lowest BCUT2D eigenvalue weighted by Gasteiger charge is -2.14. The predicted octanol–water partition coefficient (Wildman–Crippen LogP) is 2.93. The van der Waals surface area contributed by atoms with Crippen LogP contribution in [0.4, 0.5) is 0 Å². The summed E-state index contributed by atoms with van der Waals surface area (Å²) >= 11 is 1.26. The van der Waals surface area contributed by atoms with Crippen molar-refractivity contribution in [2.24, 2.45) is 0 Å². The van der Waals surface area contributed by atoms with Gasteiger partial charge in [-0.3, -0.25) is 18.6 Å². The molecule has 0 bridgehead atoms. The first-order valence-electron chi connectivity index (χ1n) is 10.4. The second-order valence-corrected chi connectivity index (χ2v) is 8.47. The number of carbonyl (C=O) groups excluding carboxylic acids is 1. The van der Waals surface area contributed by atoms with Crippen LogP contribution in [-0.2, 0) is 11.3 Å². The van der Waals surface area contributed by atoms with Crippen molar-refractivity contribution >= 4 is 34.3 Å². The van der Waals surface area contributed by atoms with Crippen LogP contribution in [0.15, 0.2) is 65.1 Å². The van der Waals surface area contributed by atoms with Crippen LogP contribution in [-0.4, -0.2) is 37.6 Å². The van der Waals surface area contributed by atoms with Crippen LogP contribution in [0.1, 0.15) is 18.5 Å². The molecule has 1 amide bonds. The summed E-state index contributed by atoms with van der Waals surface area (Å²) in [7, 11) is 0. The summed E-state index contributed by atoms with van der Waals surface area (Å²) in [6, 6.07) is 12.7. The number of fused-ring (bicyclic) bond motifs is 4. The number of benzene rings is 2. The molecule has 5 rings (SSSR count). The number of aromatic nitrogens is 4. The minimum atomic E-state index is -0.207. The number of hydrogen-bond donors (Lipinski definition) is 1. The number of rotatable bonds is 7. The van der Waals surface area contributed by atoms with Gasteiger partial charge in [-0.15, -0.1) is 16.8 Å². The van der Waals surface area contributed by atoms with Gasteiger partial charge in [0.15, 0.2) is 16.7 Å². The van der Waals surface area contributed by atoms with E-state index in [1.54, 1.807) is 16.5 Å². The fraction of sp³-hybridized carbons (Fsp3) is 0.217. The van der Waals surface area contributed by atoms with Gasteiger partial charge in [-0.25, -0.2) is 0 Å². The van der Waals surface area contributed by atoms with Crippen molar-refractivity contribution in [1.29, 1.82) is 0 Å². The number of hydrogen-bond acceptors (Lipinski definition) is 7. The second-order valence-electron chi connectivity index (χ2n) is 7.53. The molecule has 1 aliphatic rings. The summed E-state index contributed by atoms with van der Waals surface area (Å²) in [4.78, 5) is 25.5. The van der Waals surface area contributed by atoms with Gasteiger partial charge in [-0.05, 0) is 36.8 Å². The first kappa shape index (κ1) is 21.1. The summed E-state index contributed by atoms with van der Waals surface area (Å²) in [5, 5.41) is 12.5. The van der Waals surface area contributed by atoms with Gasteiger partial charge in [0.1, 0.15) is 0 Å². The summed E-state index contributed by atoms with van der Waals surface area (Å²) in [5.41, 5.74) is 1.46. The van der Waals surface area contributed by atoms with Crippen LogP contribution < -0.4 is 20.3 Å². The van der Waals surface area contributed by atoms with Gasteiger partial charge in [0.05, 0.1) is 22.7 Å². The average molecular weight is 464 g/mol. The molecule has 33 heavy (non-hydrogen) atoms. The molecule has 9 nitrogen and oxygen atoms in total. The van der Waals surface area contributed by atoms with Crippen molar-refractivity contribution in [2.45, 2.75) is 24.7 Å². The summed E-state index contributed by atoms with van der Waals surface area (Å²) in [5.74, 6) is 1.79. The molecule has 0 aliphatic carbocycles. The van der Waals surface area contributed by atoms with Gasteiger partial charge in [-0.1, -0.05) is 36.0 Å². The van der Waals surface area contributed by atoms with E-state index < -0.39 is 0 Å². The molecule has 1 unspecified atom stereocenters. The van der Waals surface area contributed by atoms with E-state index in [0.29, 0.717) is 39.9 Å². The SMILES string of the molecule is C=CCn1c(=O)c2ccccc2n2c(SCC(=O)NC(C)c3ccc4c(c3)OCO4)nnc12. The van der Waals surface area contributed by atoms with Gasteiger partial charge < -0.3 is 14.8 Å². The number of para-hydroxylation sites is 1. The molecule has 0 radical (unpaired) electrons. The van der Waals surface area contributed by atoms with E-state index in [2.05, 4.69) is 22.1 Å². The normalized spacial score (nSPS) is 13.4. The molecule has 2 aromatic carbocycles. The van der Waals surface area contributed by atoms with Crippen LogP contribution >= 0.6 is 11.8 Å². The van der Waals surface area contributed by atoms with E-state index >= 15 is 0 Å². The Morgan fingerprint density at radius 3 is 2.91 bits per heavy atom. The topological polar surface area (TPSA) is 99.8 Å². The van der Waals surface area contributed by atoms with Crippen molar-refractivity contribution in [3.63, 3.8) is 0 Å². The fourth-order valence-corrected chi connectivity index (χ4v) is 4.55. The minimum absolute atomic E-state index is 0.143. The van der Waals surface area contributed by atoms with E-state index in [9.17, 15) is 9.59 Å². The van der Waals surface area contributed by atoms with Crippen molar-refractivity contribution in [3.8, 4) is 11.5 Å². The standard InChI is InChI=1S/C23H21N5O4S/c1-3-10-27-21(30)16-6-4-5-7-17(16)28-22(27)25-26-23(28)33-12-20(29)24-14(2)15-8-9-18-19(11-15)32-13-31-18/h3-9,11,14H,1,10,12-13H2,2H3,(H,24,29). The maximum absolute atomic E-state index is 12.9. The number of nitrogens with one attached hydrogen (secondary N) is 1. The Morgan fingerprint density at radius 2 is 2.06 bits per heavy atom. The first-order chi connectivity index (χ1) is 16.1. The van der Waals surface area contributed by atoms with E-state index in [1.165, 1.54) is 16.3 Å². The highest BCUT2D eigenvalue weighted by Gasteiger charge is 2.19. The largest absolute Gasteiger partial charge is 0.454 e. The number of amides is 1. The van der Waals surface area contributed by atoms with Gasteiger partial charge in [0, 0.05) is 6.54 Å². The third-order valence-electron chi connectivity index (χ3n) is 5.40. The van der Waals surface area contributed by atoms with Crippen molar-refractivity contribution in [2.75, 3.05) is 12.5 Å². The maximum atomic E-state index is 12.9. The quantitative estimate of drug-likeness (QED) is 0.332. The van der Waals surface area contributed by atoms with Crippen LogP contribution in [0.5, 0.6) is 11.5 Å². The van der Waals surface area contributed by atoms with Crippen molar-refractivity contribution in [1.82, 2.24) is 24.5 Å². The molecule has 1 N–H and O–H groups in total. The second kappa shape index (κ2) is 8.62. The molecule has 0 spiro atoms. The van der Waals surface area contributed by atoms with Crippen molar-refractivity contribution in [3.05, 3.63) is 71.0 Å². The lowest BCUT2D eigenvalue weighted by molar-refractivity contribution is -0.119. The Bertz CT molecular complexity index is 1440. The third kappa shape index (κ3) is 3.82. The Morgan fingerprint density at radius 1 is 1.24 bits per heavy atom. The molecule has 4 aromatic rings. The van der Waals surface area contributed by atoms with Gasteiger partial charge >= 0.3 is 0 Å².